The topological polar surface area (TPSA) is 29.5 Å². The van der Waals surface area contributed by atoms with Gasteiger partial charge in [-0.2, -0.15) is 0 Å². The molecule has 2 heteroatoms. The summed E-state index contributed by atoms with van der Waals surface area (Å²) in [5.74, 6) is 1.38. The molecule has 0 amide bonds. The Morgan fingerprint density at radius 2 is 2.00 bits per heavy atom. The number of hydrogen-bond donors (Lipinski definition) is 1. The maximum absolute atomic E-state index is 9.30. The van der Waals surface area contributed by atoms with Gasteiger partial charge in [0.05, 0.1) is 0 Å². The fraction of sp³-hybridized carbons (Fsp3) is 1.00. The van der Waals surface area contributed by atoms with E-state index in [1.807, 2.05) is 0 Å². The van der Waals surface area contributed by atoms with E-state index in [1.165, 1.54) is 12.8 Å². The minimum atomic E-state index is -0.450. The molecule has 0 aromatic heterocycles. The van der Waals surface area contributed by atoms with Gasteiger partial charge in [-0.15, -0.1) is 0 Å². The monoisotopic (exact) mass is 156 g/mol. The van der Waals surface area contributed by atoms with E-state index in [2.05, 4.69) is 0 Å². The van der Waals surface area contributed by atoms with Crippen LogP contribution in [-0.4, -0.2) is 18.0 Å². The first-order chi connectivity index (χ1) is 5.36. The maximum atomic E-state index is 9.30. The van der Waals surface area contributed by atoms with Crippen LogP contribution < -0.4 is 0 Å². The zero-order chi connectivity index (χ0) is 7.68. The normalized spacial score (nSPS) is 27.0. The van der Waals surface area contributed by atoms with Crippen molar-refractivity contribution < 1.29 is 9.84 Å². The molecule has 0 aromatic carbocycles. The van der Waals surface area contributed by atoms with Gasteiger partial charge in [-0.05, 0) is 25.2 Å². The molecular weight excluding hydrogens is 140 g/mol. The van der Waals surface area contributed by atoms with Crippen LogP contribution in [0.25, 0.3) is 0 Å². The Balaban J connectivity index is 1.50. The van der Waals surface area contributed by atoms with Crippen molar-refractivity contribution in [3.63, 3.8) is 0 Å². The third kappa shape index (κ3) is 2.46. The van der Waals surface area contributed by atoms with Crippen LogP contribution in [0.5, 0.6) is 0 Å². The lowest BCUT2D eigenvalue weighted by Gasteiger charge is -2.09. The summed E-state index contributed by atoms with van der Waals surface area (Å²) in [6.45, 7) is 0.766. The van der Waals surface area contributed by atoms with Gasteiger partial charge in [-0.3, -0.25) is 0 Å². The van der Waals surface area contributed by atoms with Crippen molar-refractivity contribution in [1.29, 1.82) is 0 Å². The molecule has 2 saturated carbocycles. The zero-order valence-electron chi connectivity index (χ0n) is 6.83. The second-order valence-corrected chi connectivity index (χ2v) is 3.83. The first-order valence-electron chi connectivity index (χ1n) is 4.66. The summed E-state index contributed by atoms with van der Waals surface area (Å²) in [6.07, 6.45) is 5.78. The smallest absolute Gasteiger partial charge is 0.157 e. The molecule has 1 unspecified atom stereocenters. The summed E-state index contributed by atoms with van der Waals surface area (Å²) in [5.41, 5.74) is 0. The molecule has 0 saturated heterocycles. The van der Waals surface area contributed by atoms with Gasteiger partial charge in [-0.25, -0.2) is 0 Å². The van der Waals surface area contributed by atoms with Crippen LogP contribution in [0.1, 0.15) is 32.1 Å². The summed E-state index contributed by atoms with van der Waals surface area (Å²) in [4.78, 5) is 0. The van der Waals surface area contributed by atoms with Crippen LogP contribution in [0.3, 0.4) is 0 Å². The van der Waals surface area contributed by atoms with E-state index >= 15 is 0 Å². The number of aliphatic hydroxyl groups excluding tert-OH is 1. The van der Waals surface area contributed by atoms with Crippen molar-refractivity contribution in [2.75, 3.05) is 6.61 Å². The van der Waals surface area contributed by atoms with Crippen LogP contribution in [0.15, 0.2) is 0 Å². The third-order valence-corrected chi connectivity index (χ3v) is 2.54. The van der Waals surface area contributed by atoms with Crippen molar-refractivity contribution in [3.8, 4) is 0 Å². The molecular formula is C9H16O2. The van der Waals surface area contributed by atoms with Crippen LogP contribution in [-0.2, 0) is 4.74 Å². The predicted molar refractivity (Wildman–Crippen MR) is 42.0 cm³/mol. The van der Waals surface area contributed by atoms with Gasteiger partial charge in [0.2, 0.25) is 0 Å². The largest absolute Gasteiger partial charge is 0.368 e. The highest BCUT2D eigenvalue weighted by Crippen LogP contribution is 2.35. The number of aliphatic hydroxyl groups is 1. The number of hydrogen-bond acceptors (Lipinski definition) is 2. The minimum absolute atomic E-state index is 0.450. The maximum Gasteiger partial charge on any atom is 0.157 e. The van der Waals surface area contributed by atoms with Crippen LogP contribution in [0, 0.1) is 11.8 Å². The highest BCUT2D eigenvalue weighted by Gasteiger charge is 2.30. The molecule has 64 valence electrons. The molecule has 0 spiro atoms. The van der Waals surface area contributed by atoms with E-state index < -0.39 is 6.29 Å². The SMILES string of the molecule is OC(OCCC1CC1)C1CC1. The summed E-state index contributed by atoms with van der Waals surface area (Å²) >= 11 is 0. The molecule has 2 aliphatic rings. The molecule has 0 aromatic rings. The standard InChI is InChI=1S/C9H16O2/c10-9(8-3-4-8)11-6-5-7-1-2-7/h7-10H,1-6H2. The minimum Gasteiger partial charge on any atom is -0.368 e. The van der Waals surface area contributed by atoms with E-state index in [9.17, 15) is 5.11 Å². The zero-order valence-corrected chi connectivity index (χ0v) is 6.83. The van der Waals surface area contributed by atoms with Gasteiger partial charge in [-0.1, -0.05) is 12.8 Å². The average Bonchev–Trinajstić information content (AvgIpc) is 2.85. The van der Waals surface area contributed by atoms with E-state index in [0.29, 0.717) is 5.92 Å². The van der Waals surface area contributed by atoms with Gasteiger partial charge in [0, 0.05) is 12.5 Å². The van der Waals surface area contributed by atoms with Gasteiger partial charge < -0.3 is 9.84 Å². The van der Waals surface area contributed by atoms with Crippen LogP contribution in [0.4, 0.5) is 0 Å². The molecule has 2 nitrogen and oxygen atoms in total. The lowest BCUT2D eigenvalue weighted by atomic mass is 10.3. The summed E-state index contributed by atoms with van der Waals surface area (Å²) in [7, 11) is 0. The van der Waals surface area contributed by atoms with E-state index in [0.717, 1.165) is 31.8 Å². The average molecular weight is 156 g/mol. The van der Waals surface area contributed by atoms with Crippen molar-refractivity contribution in [3.05, 3.63) is 0 Å². The van der Waals surface area contributed by atoms with E-state index in [-0.39, 0.29) is 0 Å². The molecule has 0 bridgehead atoms. The fourth-order valence-electron chi connectivity index (χ4n) is 1.28. The van der Waals surface area contributed by atoms with Crippen molar-refractivity contribution >= 4 is 0 Å². The summed E-state index contributed by atoms with van der Waals surface area (Å²) < 4.78 is 5.27. The molecule has 2 aliphatic carbocycles. The third-order valence-electron chi connectivity index (χ3n) is 2.54. The quantitative estimate of drug-likeness (QED) is 0.612. The van der Waals surface area contributed by atoms with Crippen LogP contribution in [0.2, 0.25) is 0 Å². The number of rotatable bonds is 5. The second-order valence-electron chi connectivity index (χ2n) is 3.83. The Labute approximate surface area is 67.6 Å². The van der Waals surface area contributed by atoms with Crippen molar-refractivity contribution in [1.82, 2.24) is 0 Å². The van der Waals surface area contributed by atoms with E-state index in [1.54, 1.807) is 0 Å². The van der Waals surface area contributed by atoms with Crippen LogP contribution >= 0.6 is 0 Å². The van der Waals surface area contributed by atoms with Gasteiger partial charge in [0.25, 0.3) is 0 Å². The molecule has 0 heterocycles. The van der Waals surface area contributed by atoms with Gasteiger partial charge in [0.1, 0.15) is 0 Å². The molecule has 0 radical (unpaired) electrons. The van der Waals surface area contributed by atoms with Crippen molar-refractivity contribution in [2.24, 2.45) is 11.8 Å². The molecule has 0 aliphatic heterocycles. The lowest BCUT2D eigenvalue weighted by Crippen LogP contribution is -2.15. The molecule has 2 rings (SSSR count). The Bertz CT molecular complexity index is 128. The molecule has 11 heavy (non-hydrogen) atoms. The molecule has 1 atom stereocenters. The Morgan fingerprint density at radius 3 is 2.55 bits per heavy atom. The Kier molecular flexibility index (Phi) is 2.14. The van der Waals surface area contributed by atoms with Gasteiger partial charge >= 0.3 is 0 Å². The lowest BCUT2D eigenvalue weighted by molar-refractivity contribution is -0.114. The highest BCUT2D eigenvalue weighted by molar-refractivity contribution is 4.76. The summed E-state index contributed by atoms with van der Waals surface area (Å²) in [6, 6.07) is 0. The Morgan fingerprint density at radius 1 is 1.27 bits per heavy atom. The summed E-state index contributed by atoms with van der Waals surface area (Å²) in [5, 5.41) is 9.30. The van der Waals surface area contributed by atoms with E-state index in [4.69, 9.17) is 4.74 Å². The first kappa shape index (κ1) is 7.56. The predicted octanol–water partition coefficient (Wildman–Crippen LogP) is 1.53. The molecule has 2 fully saturated rings. The van der Waals surface area contributed by atoms with Crippen molar-refractivity contribution in [2.45, 2.75) is 38.4 Å². The molecule has 1 N–H and O–H groups in total. The first-order valence-corrected chi connectivity index (χ1v) is 4.66. The number of ether oxygens (including phenoxy) is 1. The fourth-order valence-corrected chi connectivity index (χ4v) is 1.28. The highest BCUT2D eigenvalue weighted by atomic mass is 16.6. The van der Waals surface area contributed by atoms with Gasteiger partial charge in [0.15, 0.2) is 6.29 Å². The Hall–Kier alpha value is -0.0800. The second kappa shape index (κ2) is 3.11.